The molecule has 0 fully saturated rings. The number of nitrogens with zero attached hydrogens (tertiary/aromatic N) is 4. The van der Waals surface area contributed by atoms with E-state index in [9.17, 15) is 0 Å². The van der Waals surface area contributed by atoms with E-state index in [2.05, 4.69) is 155 Å². The summed E-state index contributed by atoms with van der Waals surface area (Å²) in [5.74, 6) is 1.59. The smallest absolute Gasteiger partial charge is 0.162 e. The molecule has 0 unspecified atom stereocenters. The minimum absolute atomic E-state index is 0.713. The number of aromatic nitrogens is 4. The number of para-hydroxylation sites is 4. The first-order valence-electron chi connectivity index (χ1n) is 16.3. The van der Waals surface area contributed by atoms with Gasteiger partial charge in [0.2, 0.25) is 0 Å². The van der Waals surface area contributed by atoms with Gasteiger partial charge in [-0.1, -0.05) is 121 Å². The van der Waals surface area contributed by atoms with Gasteiger partial charge in [-0.3, -0.25) is 4.57 Å². The van der Waals surface area contributed by atoms with Crippen molar-refractivity contribution in [2.75, 3.05) is 0 Å². The van der Waals surface area contributed by atoms with E-state index < -0.39 is 0 Å². The first-order chi connectivity index (χ1) is 23.8. The molecule has 4 heteroatoms. The van der Waals surface area contributed by atoms with E-state index in [1.165, 1.54) is 38.1 Å². The van der Waals surface area contributed by atoms with E-state index >= 15 is 0 Å². The molecular weight excluding hydrogens is 585 g/mol. The molecule has 0 aliphatic heterocycles. The third-order valence-corrected chi connectivity index (χ3v) is 9.52. The second-order valence-corrected chi connectivity index (χ2v) is 12.2. The molecule has 0 N–H and O–H groups in total. The van der Waals surface area contributed by atoms with Gasteiger partial charge in [0.25, 0.3) is 0 Å². The molecule has 0 bridgehead atoms. The van der Waals surface area contributed by atoms with Crippen LogP contribution in [0.3, 0.4) is 0 Å². The Balaban J connectivity index is 1.29. The molecule has 4 nitrogen and oxygen atoms in total. The Labute approximate surface area is 276 Å². The molecule has 0 aliphatic carbocycles. The monoisotopic (exact) mass is 612 g/mol. The van der Waals surface area contributed by atoms with Crippen molar-refractivity contribution in [2.24, 2.45) is 0 Å². The van der Waals surface area contributed by atoms with Gasteiger partial charge in [-0.2, -0.15) is 0 Å². The molecule has 10 aromatic rings. The molecule has 48 heavy (non-hydrogen) atoms. The lowest BCUT2D eigenvalue weighted by Gasteiger charge is -2.13. The molecule has 0 saturated carbocycles. The summed E-state index contributed by atoms with van der Waals surface area (Å²) >= 11 is 0. The van der Waals surface area contributed by atoms with E-state index in [4.69, 9.17) is 9.97 Å². The predicted molar refractivity (Wildman–Crippen MR) is 199 cm³/mol. The summed E-state index contributed by atoms with van der Waals surface area (Å²) < 4.78 is 4.71. The summed E-state index contributed by atoms with van der Waals surface area (Å²) in [6, 6.07) is 60.1. The van der Waals surface area contributed by atoms with Crippen LogP contribution < -0.4 is 0 Å². The third-order valence-electron chi connectivity index (χ3n) is 9.52. The minimum Gasteiger partial charge on any atom is -0.309 e. The van der Waals surface area contributed by atoms with Gasteiger partial charge in [0.15, 0.2) is 5.82 Å². The number of hydrogen-bond acceptors (Lipinski definition) is 2. The molecule has 7 aromatic carbocycles. The van der Waals surface area contributed by atoms with Crippen LogP contribution in [0.4, 0.5) is 0 Å². The molecule has 0 spiro atoms. The van der Waals surface area contributed by atoms with Gasteiger partial charge >= 0.3 is 0 Å². The van der Waals surface area contributed by atoms with Crippen molar-refractivity contribution < 1.29 is 0 Å². The van der Waals surface area contributed by atoms with E-state index in [0.717, 1.165) is 44.6 Å². The van der Waals surface area contributed by atoms with Crippen LogP contribution in [-0.2, 0) is 0 Å². The number of rotatable bonds is 4. The zero-order valence-electron chi connectivity index (χ0n) is 26.0. The molecule has 0 amide bonds. The standard InChI is InChI=1S/C44H28N4/c1-3-14-29(15-4-1)43-45-37-22-10-7-19-35(37)44(46-43)48-38-23-11-8-18-33(38)34-27-26-30(28-41(34)48)32-21-13-25-40-42(32)36-20-9-12-24-39(36)47(40)31-16-5-2-6-17-31/h1-28H. The maximum Gasteiger partial charge on any atom is 0.162 e. The molecule has 224 valence electrons. The topological polar surface area (TPSA) is 35.6 Å². The van der Waals surface area contributed by atoms with Crippen LogP contribution in [0.1, 0.15) is 0 Å². The summed E-state index contributed by atoms with van der Waals surface area (Å²) in [6.07, 6.45) is 0. The van der Waals surface area contributed by atoms with Gasteiger partial charge in [0, 0.05) is 38.2 Å². The van der Waals surface area contributed by atoms with Crippen molar-refractivity contribution in [3.63, 3.8) is 0 Å². The summed E-state index contributed by atoms with van der Waals surface area (Å²) in [7, 11) is 0. The van der Waals surface area contributed by atoms with Crippen molar-refractivity contribution in [1.29, 1.82) is 0 Å². The van der Waals surface area contributed by atoms with Crippen LogP contribution in [0.2, 0.25) is 0 Å². The fourth-order valence-corrected chi connectivity index (χ4v) is 7.43. The second-order valence-electron chi connectivity index (χ2n) is 12.2. The summed E-state index contributed by atoms with van der Waals surface area (Å²) in [6.45, 7) is 0. The Morgan fingerprint density at radius 3 is 1.81 bits per heavy atom. The molecule has 0 radical (unpaired) electrons. The fraction of sp³-hybridized carbons (Fsp3) is 0. The van der Waals surface area contributed by atoms with Gasteiger partial charge in [0.1, 0.15) is 5.82 Å². The van der Waals surface area contributed by atoms with E-state index in [1.54, 1.807) is 0 Å². The third kappa shape index (κ3) is 3.96. The van der Waals surface area contributed by atoms with Crippen LogP contribution in [-0.4, -0.2) is 19.1 Å². The van der Waals surface area contributed by atoms with Gasteiger partial charge in [-0.15, -0.1) is 0 Å². The number of benzene rings is 7. The molecule has 3 heterocycles. The van der Waals surface area contributed by atoms with Crippen molar-refractivity contribution in [3.05, 3.63) is 170 Å². The van der Waals surface area contributed by atoms with Gasteiger partial charge in [-0.05, 0) is 59.7 Å². The Morgan fingerprint density at radius 2 is 1.00 bits per heavy atom. The summed E-state index contributed by atoms with van der Waals surface area (Å²) in [5, 5.41) is 5.89. The van der Waals surface area contributed by atoms with E-state index in [1.807, 2.05) is 24.3 Å². The highest BCUT2D eigenvalue weighted by molar-refractivity contribution is 6.17. The maximum atomic E-state index is 5.29. The normalized spacial score (nSPS) is 11.8. The zero-order valence-corrected chi connectivity index (χ0v) is 26.0. The lowest BCUT2D eigenvalue weighted by atomic mass is 9.98. The molecule has 10 rings (SSSR count). The van der Waals surface area contributed by atoms with Crippen LogP contribution in [0.25, 0.3) is 88.5 Å². The lowest BCUT2D eigenvalue weighted by Crippen LogP contribution is -2.02. The lowest BCUT2D eigenvalue weighted by molar-refractivity contribution is 1.08. The quantitative estimate of drug-likeness (QED) is 0.198. The summed E-state index contributed by atoms with van der Waals surface area (Å²) in [5.41, 5.74) is 10.0. The van der Waals surface area contributed by atoms with Gasteiger partial charge in [-0.25, -0.2) is 9.97 Å². The van der Waals surface area contributed by atoms with Crippen molar-refractivity contribution in [2.45, 2.75) is 0 Å². The van der Waals surface area contributed by atoms with Crippen LogP contribution >= 0.6 is 0 Å². The van der Waals surface area contributed by atoms with E-state index in [-0.39, 0.29) is 0 Å². The second kappa shape index (κ2) is 10.5. The maximum absolute atomic E-state index is 5.29. The molecule has 0 atom stereocenters. The number of fused-ring (bicyclic) bond motifs is 7. The van der Waals surface area contributed by atoms with Crippen LogP contribution in [0.15, 0.2) is 170 Å². The van der Waals surface area contributed by atoms with Crippen molar-refractivity contribution >= 4 is 54.5 Å². The first-order valence-corrected chi connectivity index (χ1v) is 16.3. The Morgan fingerprint density at radius 1 is 0.375 bits per heavy atom. The van der Waals surface area contributed by atoms with Crippen LogP contribution in [0, 0.1) is 0 Å². The highest BCUT2D eigenvalue weighted by atomic mass is 15.1. The Hall–Kier alpha value is -6.52. The fourth-order valence-electron chi connectivity index (χ4n) is 7.43. The van der Waals surface area contributed by atoms with Crippen molar-refractivity contribution in [1.82, 2.24) is 19.1 Å². The van der Waals surface area contributed by atoms with E-state index in [0.29, 0.717) is 5.82 Å². The van der Waals surface area contributed by atoms with Gasteiger partial charge < -0.3 is 4.57 Å². The average molecular weight is 613 g/mol. The average Bonchev–Trinajstić information content (AvgIpc) is 3.68. The molecular formula is C44H28N4. The van der Waals surface area contributed by atoms with Crippen molar-refractivity contribution in [3.8, 4) is 34.0 Å². The van der Waals surface area contributed by atoms with Gasteiger partial charge in [0.05, 0.1) is 27.6 Å². The Kier molecular flexibility index (Phi) is 5.84. The summed E-state index contributed by atoms with van der Waals surface area (Å²) in [4.78, 5) is 10.3. The predicted octanol–water partition coefficient (Wildman–Crippen LogP) is 11.2. The molecule has 0 aliphatic rings. The Bertz CT molecular complexity index is 2830. The first kappa shape index (κ1) is 26.7. The number of hydrogen-bond donors (Lipinski definition) is 0. The highest BCUT2D eigenvalue weighted by Gasteiger charge is 2.20. The SMILES string of the molecule is c1ccc(-c2nc(-n3c4ccccc4c4ccc(-c5cccc6c5c5ccccc5n6-c5ccccc5)cc43)c3ccccc3n2)cc1. The molecule has 3 aromatic heterocycles. The highest BCUT2D eigenvalue weighted by Crippen LogP contribution is 2.41. The zero-order chi connectivity index (χ0) is 31.6. The molecule has 0 saturated heterocycles. The van der Waals surface area contributed by atoms with Crippen LogP contribution in [0.5, 0.6) is 0 Å². The largest absolute Gasteiger partial charge is 0.309 e. The minimum atomic E-state index is 0.713.